The number of fused-ring (bicyclic) bond motifs is 1. The first-order chi connectivity index (χ1) is 19.6. The highest BCUT2D eigenvalue weighted by Gasteiger charge is 2.81. The van der Waals surface area contributed by atoms with Crippen LogP contribution in [0, 0.1) is 22.7 Å². The van der Waals surface area contributed by atoms with Gasteiger partial charge < -0.3 is 19.3 Å². The summed E-state index contributed by atoms with van der Waals surface area (Å²) in [5.74, 6) is 2.48. The molecule has 5 aliphatic carbocycles. The zero-order valence-corrected chi connectivity index (χ0v) is 25.3. The maximum absolute atomic E-state index is 12.4. The summed E-state index contributed by atoms with van der Waals surface area (Å²) in [7, 11) is 1.83. The normalized spacial score (nSPS) is 37.9. The van der Waals surface area contributed by atoms with E-state index < -0.39 is 11.2 Å². The topological polar surface area (TPSA) is 51.2 Å². The number of rotatable bonds is 7. The van der Waals surface area contributed by atoms with Crippen LogP contribution in [0.2, 0.25) is 0 Å². The molecule has 41 heavy (non-hydrogen) atoms. The van der Waals surface area contributed by atoms with Gasteiger partial charge in [-0.25, -0.2) is 0 Å². The van der Waals surface area contributed by atoms with Crippen LogP contribution < -0.4 is 9.47 Å². The lowest BCUT2D eigenvalue weighted by atomic mass is 9.35. The fourth-order valence-electron chi connectivity index (χ4n) is 9.78. The van der Waals surface area contributed by atoms with E-state index in [-0.39, 0.29) is 28.3 Å². The number of piperidine rings is 1. The fourth-order valence-corrected chi connectivity index (χ4v) is 9.78. The highest BCUT2D eigenvalue weighted by molar-refractivity contribution is 5.65. The number of nitrogens with zero attached hydrogens (tertiary/aromatic N) is 1. The van der Waals surface area contributed by atoms with Gasteiger partial charge in [0.05, 0.1) is 11.0 Å². The minimum Gasteiger partial charge on any atom is -0.485 e. The molecule has 1 saturated heterocycles. The third-order valence-corrected chi connectivity index (χ3v) is 12.5. The minimum absolute atomic E-state index is 0.101. The van der Waals surface area contributed by atoms with Crippen molar-refractivity contribution >= 4 is 0 Å². The molecule has 5 nitrogen and oxygen atoms in total. The highest BCUT2D eigenvalue weighted by atomic mass is 16.6. The SMILES string of the molecule is CO[C@]12C=C[C@@]3(CC1[C@](C)(O)C(C)(C)C)[C@H]1Cc4ccc(OCc5ccccc5)c5c4[C@@]3(CCN1CC1CC1)[C@H]2O5. The fraction of sp³-hybridized carbons (Fsp3) is 0.611. The number of methoxy groups -OCH3 is 1. The van der Waals surface area contributed by atoms with Crippen molar-refractivity contribution in [1.29, 1.82) is 0 Å². The molecular formula is C36H45NO4. The van der Waals surface area contributed by atoms with Crippen LogP contribution in [0.25, 0.3) is 0 Å². The average molecular weight is 556 g/mol. The predicted octanol–water partition coefficient (Wildman–Crippen LogP) is 6.06. The van der Waals surface area contributed by atoms with Crippen LogP contribution in [0.5, 0.6) is 11.5 Å². The molecule has 2 saturated carbocycles. The third kappa shape index (κ3) is 3.24. The first kappa shape index (κ1) is 26.3. The molecule has 5 heteroatoms. The first-order valence-electron chi connectivity index (χ1n) is 15.8. The maximum atomic E-state index is 12.4. The molecule has 1 unspecified atom stereocenters. The molecule has 0 radical (unpaired) electrons. The summed E-state index contributed by atoms with van der Waals surface area (Å²) >= 11 is 0. The number of benzene rings is 2. The first-order valence-corrected chi connectivity index (χ1v) is 15.8. The Kier molecular flexibility index (Phi) is 5.38. The molecule has 1 N–H and O–H groups in total. The van der Waals surface area contributed by atoms with Gasteiger partial charge in [0.1, 0.15) is 18.3 Å². The van der Waals surface area contributed by atoms with Crippen molar-refractivity contribution in [2.24, 2.45) is 22.7 Å². The van der Waals surface area contributed by atoms with E-state index in [2.05, 4.69) is 74.2 Å². The number of aliphatic hydroxyl groups is 1. The van der Waals surface area contributed by atoms with Crippen molar-refractivity contribution in [1.82, 2.24) is 4.90 Å². The van der Waals surface area contributed by atoms with Crippen molar-refractivity contribution in [3.63, 3.8) is 0 Å². The van der Waals surface area contributed by atoms with Gasteiger partial charge >= 0.3 is 0 Å². The summed E-state index contributed by atoms with van der Waals surface area (Å²) < 4.78 is 20.4. The molecule has 0 aromatic heterocycles. The van der Waals surface area contributed by atoms with Gasteiger partial charge in [0.15, 0.2) is 11.5 Å². The Morgan fingerprint density at radius 2 is 1.83 bits per heavy atom. The second-order valence-electron chi connectivity index (χ2n) is 15.2. The van der Waals surface area contributed by atoms with E-state index in [1.54, 1.807) is 0 Å². The van der Waals surface area contributed by atoms with Crippen molar-refractivity contribution in [2.75, 3.05) is 20.2 Å². The highest BCUT2D eigenvalue weighted by Crippen LogP contribution is 2.76. The van der Waals surface area contributed by atoms with Gasteiger partial charge in [0, 0.05) is 36.6 Å². The Bertz CT molecular complexity index is 1410. The smallest absolute Gasteiger partial charge is 0.166 e. The molecule has 0 amide bonds. The number of hydrogen-bond donors (Lipinski definition) is 1. The summed E-state index contributed by atoms with van der Waals surface area (Å²) in [6.07, 6.45) is 10.3. The zero-order valence-electron chi connectivity index (χ0n) is 25.3. The van der Waals surface area contributed by atoms with Crippen LogP contribution >= 0.6 is 0 Å². The third-order valence-electron chi connectivity index (χ3n) is 12.5. The Labute approximate surface area is 244 Å². The van der Waals surface area contributed by atoms with E-state index in [4.69, 9.17) is 14.2 Å². The molecule has 2 aromatic rings. The van der Waals surface area contributed by atoms with E-state index >= 15 is 0 Å². The molecule has 4 bridgehead atoms. The summed E-state index contributed by atoms with van der Waals surface area (Å²) in [5.41, 5.74) is 1.61. The van der Waals surface area contributed by atoms with E-state index in [1.807, 2.05) is 20.1 Å². The second-order valence-corrected chi connectivity index (χ2v) is 15.2. The number of likely N-dealkylation sites (tertiary alicyclic amines) is 1. The van der Waals surface area contributed by atoms with Gasteiger partial charge in [-0.15, -0.1) is 0 Å². The van der Waals surface area contributed by atoms with Gasteiger partial charge in [-0.05, 0) is 74.1 Å². The molecule has 9 rings (SSSR count). The van der Waals surface area contributed by atoms with Gasteiger partial charge in [-0.1, -0.05) is 69.3 Å². The van der Waals surface area contributed by atoms with E-state index in [9.17, 15) is 5.11 Å². The second kappa shape index (κ2) is 8.39. The van der Waals surface area contributed by atoms with Crippen LogP contribution in [0.4, 0.5) is 0 Å². The number of hydrogen-bond acceptors (Lipinski definition) is 5. The summed E-state index contributed by atoms with van der Waals surface area (Å²) in [5, 5.41) is 12.4. The predicted molar refractivity (Wildman–Crippen MR) is 159 cm³/mol. The lowest BCUT2D eigenvalue weighted by Crippen LogP contribution is -2.81. The Hall–Kier alpha value is -2.34. The molecular weight excluding hydrogens is 510 g/mol. The molecule has 7 aliphatic rings. The van der Waals surface area contributed by atoms with Crippen LogP contribution in [-0.4, -0.2) is 53.6 Å². The Balaban J connectivity index is 1.30. The monoisotopic (exact) mass is 555 g/mol. The van der Waals surface area contributed by atoms with Crippen LogP contribution in [-0.2, 0) is 23.2 Å². The van der Waals surface area contributed by atoms with Crippen molar-refractivity contribution in [3.05, 3.63) is 71.3 Å². The van der Waals surface area contributed by atoms with E-state index in [1.165, 1.54) is 30.5 Å². The van der Waals surface area contributed by atoms with Crippen molar-refractivity contribution in [3.8, 4) is 11.5 Å². The van der Waals surface area contributed by atoms with Crippen molar-refractivity contribution in [2.45, 2.75) is 95.2 Å². The quantitative estimate of drug-likeness (QED) is 0.421. The molecule has 2 aromatic carbocycles. The Morgan fingerprint density at radius 1 is 1.05 bits per heavy atom. The Morgan fingerprint density at radius 3 is 2.54 bits per heavy atom. The van der Waals surface area contributed by atoms with Gasteiger partial charge in [-0.3, -0.25) is 4.90 Å². The lowest BCUT2D eigenvalue weighted by molar-refractivity contribution is -0.263. The maximum Gasteiger partial charge on any atom is 0.166 e. The van der Waals surface area contributed by atoms with E-state index in [0.717, 1.165) is 48.8 Å². The van der Waals surface area contributed by atoms with Gasteiger partial charge in [0.25, 0.3) is 0 Å². The van der Waals surface area contributed by atoms with Crippen molar-refractivity contribution < 1.29 is 19.3 Å². The van der Waals surface area contributed by atoms with Crippen LogP contribution in [0.3, 0.4) is 0 Å². The average Bonchev–Trinajstić information content (AvgIpc) is 3.70. The minimum atomic E-state index is -0.955. The lowest BCUT2D eigenvalue weighted by Gasteiger charge is -2.73. The molecule has 2 spiro atoms. The molecule has 7 atom stereocenters. The van der Waals surface area contributed by atoms with Gasteiger partial charge in [0.2, 0.25) is 0 Å². The van der Waals surface area contributed by atoms with Crippen LogP contribution in [0.15, 0.2) is 54.6 Å². The molecule has 2 aliphatic heterocycles. The molecule has 2 heterocycles. The molecule has 3 fully saturated rings. The van der Waals surface area contributed by atoms with E-state index in [0.29, 0.717) is 12.6 Å². The molecule has 218 valence electrons. The summed E-state index contributed by atoms with van der Waals surface area (Å²) in [6.45, 7) is 11.3. The standard InChI is InChI=1S/C36H45NO4/c1-32(2,3)33(4,38)27-20-34-15-16-36(27,39-5)31-35(34)17-18-37(21-23-11-12-23)28(34)19-25-13-14-26(30(41-31)29(25)35)40-22-24-9-7-6-8-10-24/h6-10,13-16,23,27-28,31,38H,11-12,17-22H2,1-5H3/t27?,28-,31-,33+,34-,35+,36-/m1/s1. The zero-order chi connectivity index (χ0) is 28.4. The summed E-state index contributed by atoms with van der Waals surface area (Å²) in [6, 6.07) is 15.2. The van der Waals surface area contributed by atoms with Crippen LogP contribution in [0.1, 0.15) is 70.1 Å². The largest absolute Gasteiger partial charge is 0.485 e. The van der Waals surface area contributed by atoms with Gasteiger partial charge in [-0.2, -0.15) is 0 Å². The number of ether oxygens (including phenoxy) is 3. The summed E-state index contributed by atoms with van der Waals surface area (Å²) in [4.78, 5) is 2.82.